The molecule has 2 unspecified atom stereocenters. The molecule has 8 nitrogen and oxygen atoms in total. The predicted octanol–water partition coefficient (Wildman–Crippen LogP) is 2.64. The lowest BCUT2D eigenvalue weighted by molar-refractivity contribution is -0.146. The summed E-state index contributed by atoms with van der Waals surface area (Å²) in [6, 6.07) is 10.3. The first-order valence-corrected chi connectivity index (χ1v) is 10.4. The van der Waals surface area contributed by atoms with Crippen LogP contribution in [0, 0.1) is 11.3 Å². The fourth-order valence-corrected chi connectivity index (χ4v) is 3.93. The van der Waals surface area contributed by atoms with Crippen LogP contribution < -0.4 is 11.1 Å². The third kappa shape index (κ3) is 5.52. The van der Waals surface area contributed by atoms with Crippen molar-refractivity contribution < 1.29 is 14.3 Å². The number of aromatic nitrogens is 2. The minimum atomic E-state index is -0.616. The number of hydrogen-bond donors (Lipinski definition) is 3. The van der Waals surface area contributed by atoms with Gasteiger partial charge in [0.15, 0.2) is 0 Å². The van der Waals surface area contributed by atoms with Gasteiger partial charge in [-0.2, -0.15) is 0 Å². The van der Waals surface area contributed by atoms with Gasteiger partial charge in [-0.15, -0.1) is 11.3 Å². The Bertz CT molecular complexity index is 1080. The third-order valence-electron chi connectivity index (χ3n) is 4.82. The lowest BCUT2D eigenvalue weighted by atomic mass is 9.92. The molecule has 0 saturated carbocycles. The maximum Gasteiger partial charge on any atom is 0.311 e. The van der Waals surface area contributed by atoms with E-state index in [-0.39, 0.29) is 17.4 Å². The molecule has 0 fully saturated rings. The molecule has 1 aromatic carbocycles. The van der Waals surface area contributed by atoms with Gasteiger partial charge in [-0.3, -0.25) is 20.0 Å². The molecule has 0 aliphatic carbocycles. The van der Waals surface area contributed by atoms with Gasteiger partial charge in [0.05, 0.1) is 13.0 Å². The smallest absolute Gasteiger partial charge is 0.311 e. The fourth-order valence-electron chi connectivity index (χ4n) is 3.12. The second kappa shape index (κ2) is 9.94. The monoisotopic (exact) mass is 437 g/mol. The molecule has 0 saturated heterocycles. The van der Waals surface area contributed by atoms with E-state index in [0.29, 0.717) is 17.0 Å². The van der Waals surface area contributed by atoms with Crippen LogP contribution in [-0.2, 0) is 16.0 Å². The molecule has 0 bridgehead atoms. The highest BCUT2D eigenvalue weighted by Gasteiger charge is 2.28. The maximum absolute atomic E-state index is 12.7. The maximum atomic E-state index is 12.7. The minimum absolute atomic E-state index is 0.0497. The van der Waals surface area contributed by atoms with Crippen LogP contribution in [0.1, 0.15) is 28.5 Å². The van der Waals surface area contributed by atoms with Gasteiger partial charge >= 0.3 is 5.97 Å². The number of esters is 1. The van der Waals surface area contributed by atoms with Crippen LogP contribution in [0.3, 0.4) is 0 Å². The summed E-state index contributed by atoms with van der Waals surface area (Å²) >= 11 is 1.36. The molecule has 0 aliphatic rings. The Morgan fingerprint density at radius 2 is 2.00 bits per heavy atom. The summed E-state index contributed by atoms with van der Waals surface area (Å²) in [5, 5.41) is 12.8. The summed E-state index contributed by atoms with van der Waals surface area (Å²) in [4.78, 5) is 33.5. The van der Waals surface area contributed by atoms with Crippen molar-refractivity contribution in [3.63, 3.8) is 0 Å². The van der Waals surface area contributed by atoms with Crippen molar-refractivity contribution in [3.8, 4) is 10.6 Å². The van der Waals surface area contributed by atoms with Crippen molar-refractivity contribution in [1.82, 2.24) is 15.3 Å². The number of amidine groups is 1. The summed E-state index contributed by atoms with van der Waals surface area (Å²) in [5.41, 5.74) is 8.11. The zero-order valence-electron chi connectivity index (χ0n) is 17.2. The highest BCUT2D eigenvalue weighted by atomic mass is 32.1. The highest BCUT2D eigenvalue weighted by Crippen LogP contribution is 2.23. The Hall–Kier alpha value is -3.59. The van der Waals surface area contributed by atoms with Crippen LogP contribution in [0.4, 0.5) is 0 Å². The molecule has 1 amide bonds. The molecule has 4 N–H and O–H groups in total. The van der Waals surface area contributed by atoms with E-state index in [0.717, 1.165) is 11.1 Å². The van der Waals surface area contributed by atoms with Crippen LogP contribution >= 0.6 is 11.3 Å². The minimum Gasteiger partial charge on any atom is -0.469 e. The Labute approximate surface area is 184 Å². The van der Waals surface area contributed by atoms with E-state index >= 15 is 0 Å². The van der Waals surface area contributed by atoms with Crippen molar-refractivity contribution >= 4 is 29.0 Å². The number of carbonyl (C=O) groups is 2. The van der Waals surface area contributed by atoms with Crippen LogP contribution in [0.25, 0.3) is 10.6 Å². The van der Waals surface area contributed by atoms with E-state index in [4.69, 9.17) is 15.9 Å². The third-order valence-corrected chi connectivity index (χ3v) is 5.72. The van der Waals surface area contributed by atoms with Gasteiger partial charge in [0.25, 0.3) is 5.91 Å². The quantitative estimate of drug-likeness (QED) is 0.282. The molecule has 3 aromatic rings. The number of nitrogen functional groups attached to an aromatic ring is 1. The van der Waals surface area contributed by atoms with E-state index < -0.39 is 17.9 Å². The largest absolute Gasteiger partial charge is 0.469 e. The number of nitrogens with one attached hydrogen (secondary N) is 2. The predicted molar refractivity (Wildman–Crippen MR) is 119 cm³/mol. The standard InChI is InChI=1S/C22H23N5O3S/c1-13(17(22(29)30-2)11-14-4-3-5-16(10-14)19(23)24)26-20(28)18-12-31-21(27-18)15-6-8-25-9-7-15/h3-10,12-13,17H,11H2,1-2H3,(H3,23,24)(H,26,28). The first kappa shape index (κ1) is 22.1. The molecular formula is C22H23N5O3S. The molecule has 0 aliphatic heterocycles. The van der Waals surface area contributed by atoms with E-state index in [1.54, 1.807) is 42.9 Å². The second-order valence-electron chi connectivity index (χ2n) is 6.98. The number of methoxy groups -OCH3 is 1. The van der Waals surface area contributed by atoms with Crippen molar-refractivity contribution in [2.24, 2.45) is 11.7 Å². The van der Waals surface area contributed by atoms with E-state index in [1.807, 2.05) is 18.2 Å². The highest BCUT2D eigenvalue weighted by molar-refractivity contribution is 7.13. The average molecular weight is 438 g/mol. The second-order valence-corrected chi connectivity index (χ2v) is 7.84. The summed E-state index contributed by atoms with van der Waals surface area (Å²) in [6.07, 6.45) is 3.66. The molecule has 31 heavy (non-hydrogen) atoms. The number of nitrogens with zero attached hydrogens (tertiary/aromatic N) is 2. The number of thiazole rings is 1. The number of amides is 1. The summed E-state index contributed by atoms with van der Waals surface area (Å²) < 4.78 is 4.96. The number of pyridine rings is 1. The normalized spacial score (nSPS) is 12.6. The van der Waals surface area contributed by atoms with Crippen LogP contribution in [0.15, 0.2) is 54.2 Å². The SMILES string of the molecule is COC(=O)C(Cc1cccc(C(=N)N)c1)C(C)NC(=O)c1csc(-c2ccncc2)n1. The van der Waals surface area contributed by atoms with Gasteiger partial charge in [0.2, 0.25) is 0 Å². The van der Waals surface area contributed by atoms with Crippen LogP contribution in [0.5, 0.6) is 0 Å². The van der Waals surface area contributed by atoms with Crippen molar-refractivity contribution in [1.29, 1.82) is 5.41 Å². The van der Waals surface area contributed by atoms with Crippen molar-refractivity contribution in [2.75, 3.05) is 7.11 Å². The molecule has 160 valence electrons. The van der Waals surface area contributed by atoms with Gasteiger partial charge in [0, 0.05) is 34.9 Å². The molecule has 2 atom stereocenters. The number of ether oxygens (including phenoxy) is 1. The van der Waals surface area contributed by atoms with Gasteiger partial charge < -0.3 is 15.8 Å². The fraction of sp³-hybridized carbons (Fsp3) is 0.227. The van der Waals surface area contributed by atoms with E-state index in [9.17, 15) is 9.59 Å². The Kier molecular flexibility index (Phi) is 7.09. The van der Waals surface area contributed by atoms with Gasteiger partial charge in [-0.1, -0.05) is 18.2 Å². The summed E-state index contributed by atoms with van der Waals surface area (Å²) in [7, 11) is 1.32. The summed E-state index contributed by atoms with van der Waals surface area (Å²) in [6.45, 7) is 1.75. The number of hydrogen-bond acceptors (Lipinski definition) is 7. The van der Waals surface area contributed by atoms with Gasteiger partial charge in [-0.05, 0) is 37.1 Å². The zero-order valence-corrected chi connectivity index (χ0v) is 18.0. The molecule has 3 rings (SSSR count). The lowest BCUT2D eigenvalue weighted by Crippen LogP contribution is -2.42. The molecule has 0 radical (unpaired) electrons. The number of rotatable bonds is 8. The first-order valence-electron chi connectivity index (χ1n) is 9.57. The Balaban J connectivity index is 1.73. The molecular weight excluding hydrogens is 414 g/mol. The Morgan fingerprint density at radius 1 is 1.26 bits per heavy atom. The first-order chi connectivity index (χ1) is 14.9. The van der Waals surface area contributed by atoms with Crippen LogP contribution in [0.2, 0.25) is 0 Å². The van der Waals surface area contributed by atoms with Crippen molar-refractivity contribution in [3.05, 3.63) is 71.0 Å². The molecule has 9 heteroatoms. The molecule has 2 heterocycles. The number of nitrogens with two attached hydrogens (primary N) is 1. The van der Waals surface area contributed by atoms with Gasteiger partial charge in [0.1, 0.15) is 16.5 Å². The molecule has 0 spiro atoms. The van der Waals surface area contributed by atoms with Crippen molar-refractivity contribution in [2.45, 2.75) is 19.4 Å². The van der Waals surface area contributed by atoms with E-state index in [2.05, 4.69) is 15.3 Å². The molecule has 2 aromatic heterocycles. The summed E-state index contributed by atoms with van der Waals surface area (Å²) in [5.74, 6) is -1.46. The zero-order chi connectivity index (χ0) is 22.4. The average Bonchev–Trinajstić information content (AvgIpc) is 3.28. The van der Waals surface area contributed by atoms with E-state index in [1.165, 1.54) is 18.4 Å². The van der Waals surface area contributed by atoms with Gasteiger partial charge in [-0.25, -0.2) is 4.98 Å². The number of carbonyl (C=O) groups excluding carboxylic acids is 2. The topological polar surface area (TPSA) is 131 Å². The lowest BCUT2D eigenvalue weighted by Gasteiger charge is -2.23. The number of benzene rings is 1. The Morgan fingerprint density at radius 3 is 2.68 bits per heavy atom. The van der Waals surface area contributed by atoms with Crippen LogP contribution in [-0.4, -0.2) is 40.8 Å².